The van der Waals surface area contributed by atoms with Crippen molar-refractivity contribution >= 4 is 38.1 Å². The number of hydrogen-bond acceptors (Lipinski definition) is 5. The highest BCUT2D eigenvalue weighted by molar-refractivity contribution is 9.10. The average molecular weight is 496 g/mol. The summed E-state index contributed by atoms with van der Waals surface area (Å²) in [5.41, 5.74) is 4.04. The number of amides is 1. The van der Waals surface area contributed by atoms with Gasteiger partial charge < -0.3 is 4.74 Å². The van der Waals surface area contributed by atoms with Gasteiger partial charge in [0, 0.05) is 10.0 Å². The first-order valence-corrected chi connectivity index (χ1v) is 11.8. The van der Waals surface area contributed by atoms with E-state index in [4.69, 9.17) is 4.74 Å². The maximum atomic E-state index is 12.7. The number of nitrogens with zero attached hydrogens (tertiary/aromatic N) is 1. The van der Waals surface area contributed by atoms with Gasteiger partial charge in [0.25, 0.3) is 5.91 Å². The van der Waals surface area contributed by atoms with Gasteiger partial charge in [0.2, 0.25) is 10.0 Å². The topological polar surface area (TPSA) is 96.9 Å². The molecule has 2 aromatic carbocycles. The summed E-state index contributed by atoms with van der Waals surface area (Å²) >= 11 is 3.39. The van der Waals surface area contributed by atoms with Crippen LogP contribution in [0.2, 0.25) is 0 Å². The number of rotatable bonds is 9. The number of sulfonamides is 1. The Morgan fingerprint density at radius 3 is 2.47 bits per heavy atom. The van der Waals surface area contributed by atoms with Crippen LogP contribution in [-0.2, 0) is 14.8 Å². The van der Waals surface area contributed by atoms with Crippen molar-refractivity contribution in [2.24, 2.45) is 11.0 Å². The Kier molecular flexibility index (Phi) is 8.57. The summed E-state index contributed by atoms with van der Waals surface area (Å²) in [6.07, 6.45) is 1.46. The Bertz CT molecular complexity index is 1010. The number of carbonyl (C=O) groups is 1. The van der Waals surface area contributed by atoms with Crippen LogP contribution in [-0.4, -0.2) is 33.2 Å². The molecule has 0 bridgehead atoms. The van der Waals surface area contributed by atoms with E-state index < -0.39 is 22.0 Å². The molecule has 0 unspecified atom stereocenters. The summed E-state index contributed by atoms with van der Waals surface area (Å²) in [5, 5.41) is 3.98. The van der Waals surface area contributed by atoms with Gasteiger partial charge in [0.15, 0.2) is 0 Å². The molecule has 0 aliphatic heterocycles. The third-order valence-electron chi connectivity index (χ3n) is 4.21. The predicted molar refractivity (Wildman–Crippen MR) is 121 cm³/mol. The molecule has 2 N–H and O–H groups in total. The zero-order valence-electron chi connectivity index (χ0n) is 17.3. The van der Waals surface area contributed by atoms with Crippen LogP contribution in [0.1, 0.15) is 31.9 Å². The van der Waals surface area contributed by atoms with Gasteiger partial charge in [-0.25, -0.2) is 13.8 Å². The second-order valence-electron chi connectivity index (χ2n) is 7.01. The van der Waals surface area contributed by atoms with Crippen LogP contribution in [0.5, 0.6) is 5.75 Å². The number of hydrazone groups is 1. The zero-order chi connectivity index (χ0) is 22.3. The van der Waals surface area contributed by atoms with Crippen LogP contribution in [0.15, 0.2) is 56.9 Å². The summed E-state index contributed by atoms with van der Waals surface area (Å²) in [6, 6.07) is 10.9. The van der Waals surface area contributed by atoms with Gasteiger partial charge in [0.05, 0.1) is 17.7 Å². The largest absolute Gasteiger partial charge is 0.493 e. The van der Waals surface area contributed by atoms with Crippen molar-refractivity contribution in [1.29, 1.82) is 0 Å². The molecule has 162 valence electrons. The first kappa shape index (κ1) is 24.0. The molecule has 0 aromatic heterocycles. The number of ether oxygens (including phenoxy) is 1. The number of carbonyl (C=O) groups excluding carboxylic acids is 1. The highest BCUT2D eigenvalue weighted by Gasteiger charge is 2.28. The van der Waals surface area contributed by atoms with E-state index in [1.807, 2.05) is 19.9 Å². The summed E-state index contributed by atoms with van der Waals surface area (Å²) in [7, 11) is -3.85. The lowest BCUT2D eigenvalue weighted by molar-refractivity contribution is -0.123. The van der Waals surface area contributed by atoms with E-state index >= 15 is 0 Å². The monoisotopic (exact) mass is 495 g/mol. The predicted octanol–water partition coefficient (Wildman–Crippen LogP) is 3.61. The zero-order valence-corrected chi connectivity index (χ0v) is 19.7. The van der Waals surface area contributed by atoms with Crippen LogP contribution < -0.4 is 14.9 Å². The van der Waals surface area contributed by atoms with Crippen LogP contribution in [0.3, 0.4) is 0 Å². The molecule has 2 aromatic rings. The lowest BCUT2D eigenvalue weighted by Crippen LogP contribution is -2.48. The number of nitrogens with one attached hydrogen (secondary N) is 2. The van der Waals surface area contributed by atoms with Gasteiger partial charge in [-0.1, -0.05) is 47.5 Å². The van der Waals surface area contributed by atoms with Gasteiger partial charge in [-0.2, -0.15) is 9.82 Å². The van der Waals surface area contributed by atoms with E-state index in [1.165, 1.54) is 18.3 Å². The van der Waals surface area contributed by atoms with Crippen molar-refractivity contribution in [1.82, 2.24) is 10.1 Å². The average Bonchev–Trinajstić information content (AvgIpc) is 2.68. The van der Waals surface area contributed by atoms with E-state index in [2.05, 4.69) is 31.2 Å². The standard InChI is InChI=1S/C21H26BrN3O4S/c1-5-29-19-11-8-17(22)12-16(19)13-23-24-21(26)20(14(2)3)25-30(27,28)18-9-6-15(4)7-10-18/h6-14,20,25H,5H2,1-4H3,(H,24,26)/b23-13-/t20-/m1/s1. The fourth-order valence-corrected chi connectivity index (χ4v) is 4.31. The molecule has 0 saturated carbocycles. The van der Waals surface area contributed by atoms with E-state index in [-0.39, 0.29) is 10.8 Å². The number of aryl methyl sites for hydroxylation is 1. The lowest BCUT2D eigenvalue weighted by atomic mass is 10.1. The van der Waals surface area contributed by atoms with E-state index in [9.17, 15) is 13.2 Å². The molecular weight excluding hydrogens is 470 g/mol. The van der Waals surface area contributed by atoms with E-state index in [0.717, 1.165) is 10.0 Å². The summed E-state index contributed by atoms with van der Waals surface area (Å²) in [5.74, 6) is -0.214. The fraction of sp³-hybridized carbons (Fsp3) is 0.333. The molecule has 2 rings (SSSR count). The summed E-state index contributed by atoms with van der Waals surface area (Å²) in [6.45, 7) is 7.75. The fourth-order valence-electron chi connectivity index (χ4n) is 2.59. The Morgan fingerprint density at radius 2 is 1.87 bits per heavy atom. The lowest BCUT2D eigenvalue weighted by Gasteiger charge is -2.20. The molecule has 1 atom stereocenters. The Morgan fingerprint density at radius 1 is 1.20 bits per heavy atom. The van der Waals surface area contributed by atoms with Crippen molar-refractivity contribution in [3.63, 3.8) is 0 Å². The van der Waals surface area contributed by atoms with Crippen LogP contribution in [0.25, 0.3) is 0 Å². The first-order chi connectivity index (χ1) is 14.1. The molecule has 9 heteroatoms. The maximum Gasteiger partial charge on any atom is 0.258 e. The molecule has 30 heavy (non-hydrogen) atoms. The van der Waals surface area contributed by atoms with Crippen molar-refractivity contribution in [3.05, 3.63) is 58.1 Å². The summed E-state index contributed by atoms with van der Waals surface area (Å²) < 4.78 is 34.2. The molecule has 0 saturated heterocycles. The smallest absolute Gasteiger partial charge is 0.258 e. The molecule has 7 nitrogen and oxygen atoms in total. The molecule has 0 radical (unpaired) electrons. The van der Waals surface area contributed by atoms with Crippen LogP contribution >= 0.6 is 15.9 Å². The molecular formula is C21H26BrN3O4S. The second-order valence-corrected chi connectivity index (χ2v) is 9.64. The normalized spacial score (nSPS) is 12.9. The minimum absolute atomic E-state index is 0.102. The van der Waals surface area contributed by atoms with Crippen molar-refractivity contribution < 1.29 is 17.9 Å². The Labute approximate surface area is 186 Å². The van der Waals surface area contributed by atoms with Gasteiger partial charge in [-0.3, -0.25) is 4.79 Å². The quantitative estimate of drug-likeness (QED) is 0.410. The second kappa shape index (κ2) is 10.7. The maximum absolute atomic E-state index is 12.7. The van der Waals surface area contributed by atoms with Gasteiger partial charge in [-0.05, 0) is 50.1 Å². The molecule has 1 amide bonds. The minimum Gasteiger partial charge on any atom is -0.493 e. The van der Waals surface area contributed by atoms with Gasteiger partial charge in [-0.15, -0.1) is 0 Å². The van der Waals surface area contributed by atoms with Crippen LogP contribution in [0.4, 0.5) is 0 Å². The Balaban J connectivity index is 2.14. The third-order valence-corrected chi connectivity index (χ3v) is 6.16. The first-order valence-electron chi connectivity index (χ1n) is 9.48. The van der Waals surface area contributed by atoms with Gasteiger partial charge in [0.1, 0.15) is 11.8 Å². The SMILES string of the molecule is CCOc1ccc(Br)cc1/C=N\NC(=O)[C@H](NS(=O)(=O)c1ccc(C)cc1)C(C)C. The van der Waals surface area contributed by atoms with Crippen molar-refractivity contribution in [3.8, 4) is 5.75 Å². The van der Waals surface area contributed by atoms with E-state index in [0.29, 0.717) is 17.9 Å². The number of hydrogen-bond donors (Lipinski definition) is 2. The summed E-state index contributed by atoms with van der Waals surface area (Å²) in [4.78, 5) is 12.7. The number of halogens is 1. The van der Waals surface area contributed by atoms with Gasteiger partial charge >= 0.3 is 0 Å². The van der Waals surface area contributed by atoms with Crippen molar-refractivity contribution in [2.75, 3.05) is 6.61 Å². The highest BCUT2D eigenvalue weighted by atomic mass is 79.9. The van der Waals surface area contributed by atoms with Crippen molar-refractivity contribution in [2.45, 2.75) is 38.6 Å². The number of benzene rings is 2. The molecule has 0 fully saturated rings. The molecule has 0 heterocycles. The molecule has 0 spiro atoms. The third kappa shape index (κ3) is 6.65. The minimum atomic E-state index is -3.85. The molecule has 0 aliphatic rings. The van der Waals surface area contributed by atoms with Crippen LogP contribution in [0, 0.1) is 12.8 Å². The molecule has 0 aliphatic carbocycles. The van der Waals surface area contributed by atoms with E-state index in [1.54, 1.807) is 38.1 Å². The highest BCUT2D eigenvalue weighted by Crippen LogP contribution is 2.21. The Hall–Kier alpha value is -2.23.